The van der Waals surface area contributed by atoms with Crippen molar-refractivity contribution in [2.45, 2.75) is 19.3 Å². The van der Waals surface area contributed by atoms with Gasteiger partial charge in [0.25, 0.3) is 5.91 Å². The van der Waals surface area contributed by atoms with Crippen LogP contribution in [0, 0.1) is 0 Å². The molecule has 0 aromatic heterocycles. The number of ether oxygens (including phenoxy) is 2. The van der Waals surface area contributed by atoms with Crippen molar-refractivity contribution >= 4 is 5.91 Å². The summed E-state index contributed by atoms with van der Waals surface area (Å²) in [5.41, 5.74) is 0. The van der Waals surface area contributed by atoms with Crippen LogP contribution in [-0.4, -0.2) is 30.7 Å². The zero-order valence-electron chi connectivity index (χ0n) is 7.49. The first kappa shape index (κ1) is 8.41. The fraction of sp³-hybridized carbons (Fsp3) is 0.667. The standard InChI is InChI=1S/C9H13NO3/c11-9(8-6-12-7-13-8)10-4-2-1-3-5-10/h6H,1-5,7H2. The first-order valence-electron chi connectivity index (χ1n) is 4.62. The minimum Gasteiger partial charge on any atom is -0.461 e. The number of amides is 1. The Labute approximate surface area is 77.1 Å². The molecule has 0 N–H and O–H groups in total. The smallest absolute Gasteiger partial charge is 0.292 e. The van der Waals surface area contributed by atoms with E-state index in [1.165, 1.54) is 12.7 Å². The molecule has 1 amide bonds. The minimum atomic E-state index is -0.0304. The molecule has 0 unspecified atom stereocenters. The molecule has 1 fully saturated rings. The van der Waals surface area contributed by atoms with E-state index in [1.54, 1.807) is 0 Å². The zero-order valence-corrected chi connectivity index (χ0v) is 7.49. The van der Waals surface area contributed by atoms with Crippen molar-refractivity contribution in [3.8, 4) is 0 Å². The highest BCUT2D eigenvalue weighted by atomic mass is 16.7. The Morgan fingerprint density at radius 3 is 2.69 bits per heavy atom. The van der Waals surface area contributed by atoms with Crippen LogP contribution in [0.5, 0.6) is 0 Å². The van der Waals surface area contributed by atoms with E-state index in [9.17, 15) is 4.79 Å². The number of piperidine rings is 1. The molecule has 4 nitrogen and oxygen atoms in total. The molecule has 0 radical (unpaired) electrons. The van der Waals surface area contributed by atoms with Crippen molar-refractivity contribution < 1.29 is 14.3 Å². The Morgan fingerprint density at radius 1 is 1.31 bits per heavy atom. The number of rotatable bonds is 1. The third kappa shape index (κ3) is 1.76. The quantitative estimate of drug-likeness (QED) is 0.604. The Hall–Kier alpha value is -1.19. The predicted molar refractivity (Wildman–Crippen MR) is 45.6 cm³/mol. The lowest BCUT2D eigenvalue weighted by Crippen LogP contribution is -2.36. The molecule has 2 heterocycles. The molecule has 0 aliphatic carbocycles. The third-order valence-electron chi connectivity index (χ3n) is 2.33. The highest BCUT2D eigenvalue weighted by molar-refractivity contribution is 5.91. The third-order valence-corrected chi connectivity index (χ3v) is 2.33. The number of carbonyl (C=O) groups is 1. The average Bonchev–Trinajstić information content (AvgIpc) is 2.71. The van der Waals surface area contributed by atoms with Crippen molar-refractivity contribution in [1.82, 2.24) is 4.90 Å². The SMILES string of the molecule is O=C(C1=COCO1)N1CCCCC1. The first-order chi connectivity index (χ1) is 6.38. The van der Waals surface area contributed by atoms with Gasteiger partial charge in [0.1, 0.15) is 6.26 Å². The molecule has 2 aliphatic rings. The topological polar surface area (TPSA) is 38.8 Å². The van der Waals surface area contributed by atoms with Crippen LogP contribution in [0.25, 0.3) is 0 Å². The lowest BCUT2D eigenvalue weighted by Gasteiger charge is -2.26. The van der Waals surface area contributed by atoms with Crippen LogP contribution in [0.4, 0.5) is 0 Å². The van der Waals surface area contributed by atoms with Crippen LogP contribution in [0.15, 0.2) is 12.0 Å². The summed E-state index contributed by atoms with van der Waals surface area (Å²) in [5.74, 6) is 0.319. The zero-order chi connectivity index (χ0) is 9.10. The predicted octanol–water partition coefficient (Wildman–Crippen LogP) is 0.845. The summed E-state index contributed by atoms with van der Waals surface area (Å²) < 4.78 is 9.85. The number of nitrogens with zero attached hydrogens (tertiary/aromatic N) is 1. The molecule has 4 heteroatoms. The summed E-state index contributed by atoms with van der Waals surface area (Å²) in [6, 6.07) is 0. The number of carbonyl (C=O) groups excluding carboxylic acids is 1. The van der Waals surface area contributed by atoms with E-state index in [4.69, 9.17) is 9.47 Å². The van der Waals surface area contributed by atoms with Crippen LogP contribution in [0.1, 0.15) is 19.3 Å². The molecule has 2 aliphatic heterocycles. The maximum atomic E-state index is 11.7. The number of hydrogen-bond acceptors (Lipinski definition) is 3. The van der Waals surface area contributed by atoms with Crippen molar-refractivity contribution in [2.24, 2.45) is 0 Å². The van der Waals surface area contributed by atoms with Gasteiger partial charge < -0.3 is 14.4 Å². The van der Waals surface area contributed by atoms with Gasteiger partial charge in [0.15, 0.2) is 0 Å². The van der Waals surface area contributed by atoms with Crippen molar-refractivity contribution in [3.63, 3.8) is 0 Å². The van der Waals surface area contributed by atoms with E-state index in [1.807, 2.05) is 4.90 Å². The maximum Gasteiger partial charge on any atom is 0.292 e. The van der Waals surface area contributed by atoms with E-state index in [-0.39, 0.29) is 12.7 Å². The molecule has 0 atom stereocenters. The molecular weight excluding hydrogens is 170 g/mol. The molecule has 0 aromatic rings. The van der Waals surface area contributed by atoms with E-state index in [2.05, 4.69) is 0 Å². The lowest BCUT2D eigenvalue weighted by molar-refractivity contribution is -0.131. The van der Waals surface area contributed by atoms with Gasteiger partial charge >= 0.3 is 0 Å². The monoisotopic (exact) mass is 183 g/mol. The van der Waals surface area contributed by atoms with Gasteiger partial charge in [-0.2, -0.15) is 0 Å². The first-order valence-corrected chi connectivity index (χ1v) is 4.62. The van der Waals surface area contributed by atoms with Gasteiger partial charge in [-0.1, -0.05) is 0 Å². The van der Waals surface area contributed by atoms with E-state index in [0.717, 1.165) is 25.9 Å². The van der Waals surface area contributed by atoms with E-state index < -0.39 is 0 Å². The Bertz CT molecular complexity index is 231. The normalized spacial score (nSPS) is 21.8. The van der Waals surface area contributed by atoms with Gasteiger partial charge in [-0.15, -0.1) is 0 Å². The number of likely N-dealkylation sites (tertiary alicyclic amines) is 1. The van der Waals surface area contributed by atoms with E-state index in [0.29, 0.717) is 5.76 Å². The molecule has 0 spiro atoms. The van der Waals surface area contributed by atoms with Crippen LogP contribution >= 0.6 is 0 Å². The van der Waals surface area contributed by atoms with Crippen molar-refractivity contribution in [2.75, 3.05) is 19.9 Å². The molecule has 72 valence electrons. The summed E-state index contributed by atoms with van der Waals surface area (Å²) >= 11 is 0. The van der Waals surface area contributed by atoms with Crippen LogP contribution < -0.4 is 0 Å². The van der Waals surface area contributed by atoms with Gasteiger partial charge in [-0.05, 0) is 19.3 Å². The lowest BCUT2D eigenvalue weighted by atomic mass is 10.1. The second-order valence-electron chi connectivity index (χ2n) is 3.26. The van der Waals surface area contributed by atoms with Gasteiger partial charge in [0.05, 0.1) is 0 Å². The second kappa shape index (κ2) is 3.68. The Morgan fingerprint density at radius 2 is 2.08 bits per heavy atom. The molecule has 0 saturated carbocycles. The van der Waals surface area contributed by atoms with Gasteiger partial charge in [-0.25, -0.2) is 0 Å². The molecule has 13 heavy (non-hydrogen) atoms. The highest BCUT2D eigenvalue weighted by Crippen LogP contribution is 2.15. The number of hydrogen-bond donors (Lipinski definition) is 0. The highest BCUT2D eigenvalue weighted by Gasteiger charge is 2.23. The van der Waals surface area contributed by atoms with Crippen LogP contribution in [0.3, 0.4) is 0 Å². The fourth-order valence-corrected chi connectivity index (χ4v) is 1.61. The molecule has 1 saturated heterocycles. The molecule has 0 aromatic carbocycles. The Balaban J connectivity index is 1.94. The molecule has 0 bridgehead atoms. The van der Waals surface area contributed by atoms with Gasteiger partial charge in [0.2, 0.25) is 12.6 Å². The van der Waals surface area contributed by atoms with Crippen LogP contribution in [0.2, 0.25) is 0 Å². The van der Waals surface area contributed by atoms with Gasteiger partial charge in [0, 0.05) is 13.1 Å². The Kier molecular flexibility index (Phi) is 2.38. The summed E-state index contributed by atoms with van der Waals surface area (Å²) in [6.07, 6.45) is 4.82. The summed E-state index contributed by atoms with van der Waals surface area (Å²) in [5, 5.41) is 0. The largest absolute Gasteiger partial charge is 0.461 e. The maximum absolute atomic E-state index is 11.7. The van der Waals surface area contributed by atoms with Gasteiger partial charge in [-0.3, -0.25) is 4.79 Å². The average molecular weight is 183 g/mol. The van der Waals surface area contributed by atoms with Crippen molar-refractivity contribution in [3.05, 3.63) is 12.0 Å². The molecular formula is C9H13NO3. The molecule has 2 rings (SSSR count). The van der Waals surface area contributed by atoms with Crippen LogP contribution in [-0.2, 0) is 14.3 Å². The summed E-state index contributed by atoms with van der Waals surface area (Å²) in [4.78, 5) is 13.5. The minimum absolute atomic E-state index is 0.0304. The summed E-state index contributed by atoms with van der Waals surface area (Å²) in [7, 11) is 0. The fourth-order valence-electron chi connectivity index (χ4n) is 1.61. The second-order valence-corrected chi connectivity index (χ2v) is 3.26. The van der Waals surface area contributed by atoms with E-state index >= 15 is 0 Å². The van der Waals surface area contributed by atoms with Crippen molar-refractivity contribution in [1.29, 1.82) is 0 Å². The summed E-state index contributed by atoms with van der Waals surface area (Å²) in [6.45, 7) is 1.87.